The van der Waals surface area contributed by atoms with Crippen LogP contribution in [-0.2, 0) is 11.2 Å². The van der Waals surface area contributed by atoms with Crippen molar-refractivity contribution in [2.24, 2.45) is 0 Å². The van der Waals surface area contributed by atoms with Gasteiger partial charge in [0.15, 0.2) is 11.5 Å². The van der Waals surface area contributed by atoms with Crippen molar-refractivity contribution in [1.82, 2.24) is 9.80 Å². The lowest BCUT2D eigenvalue weighted by Gasteiger charge is -2.47. The molecule has 5 rings (SSSR count). The van der Waals surface area contributed by atoms with Gasteiger partial charge in [-0.2, -0.15) is 0 Å². The summed E-state index contributed by atoms with van der Waals surface area (Å²) in [5.74, 6) is 1.02. The number of carbonyl (C=O) groups is 2. The number of benzene rings is 2. The lowest BCUT2D eigenvalue weighted by Crippen LogP contribution is -2.53. The van der Waals surface area contributed by atoms with Crippen LogP contribution in [0.1, 0.15) is 71.6 Å². The van der Waals surface area contributed by atoms with Crippen molar-refractivity contribution in [1.29, 1.82) is 0 Å². The Labute approximate surface area is 195 Å². The van der Waals surface area contributed by atoms with Crippen LogP contribution >= 0.6 is 0 Å². The van der Waals surface area contributed by atoms with Gasteiger partial charge in [0.1, 0.15) is 0 Å². The molecule has 1 saturated heterocycles. The predicted molar refractivity (Wildman–Crippen MR) is 126 cm³/mol. The number of piperidine rings is 1. The van der Waals surface area contributed by atoms with Gasteiger partial charge >= 0.3 is 0 Å². The van der Waals surface area contributed by atoms with Gasteiger partial charge in [-0.05, 0) is 67.0 Å². The number of nitrogens with zero attached hydrogens (tertiary/aromatic N) is 2. The molecule has 0 saturated carbocycles. The van der Waals surface area contributed by atoms with E-state index in [0.717, 1.165) is 55.3 Å². The molecule has 3 heterocycles. The van der Waals surface area contributed by atoms with Crippen molar-refractivity contribution >= 4 is 11.8 Å². The average Bonchev–Trinajstić information content (AvgIpc) is 2.87. The predicted octanol–water partition coefficient (Wildman–Crippen LogP) is 4.33. The van der Waals surface area contributed by atoms with E-state index < -0.39 is 5.92 Å². The van der Waals surface area contributed by atoms with Gasteiger partial charge in [0.05, 0.1) is 26.2 Å². The Morgan fingerprint density at radius 2 is 1.79 bits per heavy atom. The zero-order valence-corrected chi connectivity index (χ0v) is 19.7. The van der Waals surface area contributed by atoms with E-state index in [2.05, 4.69) is 11.8 Å². The summed E-state index contributed by atoms with van der Waals surface area (Å²) in [4.78, 5) is 31.8. The Morgan fingerprint density at radius 1 is 1.03 bits per heavy atom. The van der Waals surface area contributed by atoms with Crippen molar-refractivity contribution in [3.05, 3.63) is 58.7 Å². The van der Waals surface area contributed by atoms with E-state index in [9.17, 15) is 9.59 Å². The van der Waals surface area contributed by atoms with Crippen LogP contribution in [0.25, 0.3) is 0 Å². The molecule has 174 valence electrons. The first kappa shape index (κ1) is 21.8. The number of rotatable bonds is 4. The number of hydrogen-bond acceptors (Lipinski definition) is 4. The summed E-state index contributed by atoms with van der Waals surface area (Å²) in [5.41, 5.74) is 3.60. The van der Waals surface area contributed by atoms with Crippen LogP contribution in [0.15, 0.2) is 36.4 Å². The normalized spacial score (nSPS) is 24.0. The monoisotopic (exact) mass is 448 g/mol. The number of hydrogen-bond donors (Lipinski definition) is 0. The second-order valence-corrected chi connectivity index (χ2v) is 9.25. The molecule has 0 spiro atoms. The van der Waals surface area contributed by atoms with Gasteiger partial charge in [0, 0.05) is 24.7 Å². The molecule has 3 aliphatic heterocycles. The van der Waals surface area contributed by atoms with Crippen LogP contribution in [-0.4, -0.2) is 55.0 Å². The standard InChI is InChI=1S/C27H32N2O4/c1-4-18-9-7-8-13-28(18)27(31)24-19-10-5-6-11-20(19)26(30)29-14-12-17-15-22(32-2)23(33-3)16-21(17)25(24)29/h5-6,10-11,15-16,18,24-25H,4,7-9,12-14H2,1-3H3/t18-,24+,25-/m1/s1. The molecule has 3 atom stereocenters. The quantitative estimate of drug-likeness (QED) is 0.699. The van der Waals surface area contributed by atoms with Crippen molar-refractivity contribution < 1.29 is 19.1 Å². The van der Waals surface area contributed by atoms with E-state index >= 15 is 0 Å². The number of carbonyl (C=O) groups excluding carboxylic acids is 2. The molecule has 0 aromatic heterocycles. The topological polar surface area (TPSA) is 59.1 Å². The molecule has 0 aliphatic carbocycles. The summed E-state index contributed by atoms with van der Waals surface area (Å²) in [5, 5.41) is 0. The number of amides is 2. The largest absolute Gasteiger partial charge is 0.493 e. The fourth-order valence-electron chi connectivity index (χ4n) is 6.01. The number of fused-ring (bicyclic) bond motifs is 4. The fourth-order valence-corrected chi connectivity index (χ4v) is 6.01. The van der Waals surface area contributed by atoms with Crippen LogP contribution in [0.4, 0.5) is 0 Å². The highest BCUT2D eigenvalue weighted by atomic mass is 16.5. The van der Waals surface area contributed by atoms with E-state index in [0.29, 0.717) is 23.6 Å². The Morgan fingerprint density at radius 3 is 2.55 bits per heavy atom. The molecule has 2 aromatic rings. The SMILES string of the molecule is CC[C@@H]1CCCCN1C(=O)[C@H]1c2ccccc2C(=O)N2CCc3cc(OC)c(OC)cc3[C@H]12. The summed E-state index contributed by atoms with van der Waals surface area (Å²) >= 11 is 0. The van der Waals surface area contributed by atoms with Crippen LogP contribution < -0.4 is 9.47 Å². The van der Waals surface area contributed by atoms with Gasteiger partial charge in [-0.25, -0.2) is 0 Å². The first-order valence-electron chi connectivity index (χ1n) is 12.0. The molecule has 3 aliphatic rings. The van der Waals surface area contributed by atoms with Gasteiger partial charge in [-0.15, -0.1) is 0 Å². The summed E-state index contributed by atoms with van der Waals surface area (Å²) in [6, 6.07) is 11.6. The van der Waals surface area contributed by atoms with Gasteiger partial charge in [-0.1, -0.05) is 25.1 Å². The fraction of sp³-hybridized carbons (Fsp3) is 0.481. The highest BCUT2D eigenvalue weighted by Gasteiger charge is 2.48. The first-order valence-corrected chi connectivity index (χ1v) is 12.0. The van der Waals surface area contributed by atoms with Crippen LogP contribution in [0.2, 0.25) is 0 Å². The van der Waals surface area contributed by atoms with Crippen molar-refractivity contribution in [3.8, 4) is 11.5 Å². The van der Waals surface area contributed by atoms with Crippen LogP contribution in [0.3, 0.4) is 0 Å². The lowest BCUT2D eigenvalue weighted by molar-refractivity contribution is -0.138. The maximum absolute atomic E-state index is 14.3. The molecule has 33 heavy (non-hydrogen) atoms. The van der Waals surface area contributed by atoms with Crippen molar-refractivity contribution in [3.63, 3.8) is 0 Å². The third-order valence-electron chi connectivity index (χ3n) is 7.67. The summed E-state index contributed by atoms with van der Waals surface area (Å²) in [7, 11) is 3.25. The molecule has 0 radical (unpaired) electrons. The zero-order valence-electron chi connectivity index (χ0n) is 19.7. The van der Waals surface area contributed by atoms with E-state index in [1.165, 1.54) is 0 Å². The second-order valence-electron chi connectivity index (χ2n) is 9.25. The molecular formula is C27H32N2O4. The molecular weight excluding hydrogens is 416 g/mol. The molecule has 1 fully saturated rings. The number of ether oxygens (including phenoxy) is 2. The Balaban J connectivity index is 1.67. The van der Waals surface area contributed by atoms with E-state index in [-0.39, 0.29) is 23.9 Å². The van der Waals surface area contributed by atoms with E-state index in [1.807, 2.05) is 41.3 Å². The maximum Gasteiger partial charge on any atom is 0.254 e. The third-order valence-corrected chi connectivity index (χ3v) is 7.67. The first-order chi connectivity index (χ1) is 16.1. The second kappa shape index (κ2) is 8.73. The zero-order chi connectivity index (χ0) is 23.1. The summed E-state index contributed by atoms with van der Waals surface area (Å²) in [6.45, 7) is 3.53. The highest BCUT2D eigenvalue weighted by molar-refractivity contribution is 6.01. The molecule has 2 aromatic carbocycles. The third kappa shape index (κ3) is 3.47. The van der Waals surface area contributed by atoms with Gasteiger partial charge < -0.3 is 19.3 Å². The van der Waals surface area contributed by atoms with Crippen LogP contribution in [0, 0.1) is 0 Å². The minimum atomic E-state index is -0.428. The van der Waals surface area contributed by atoms with E-state index in [4.69, 9.17) is 9.47 Å². The summed E-state index contributed by atoms with van der Waals surface area (Å²) in [6.07, 6.45) is 4.92. The number of methoxy groups -OCH3 is 2. The molecule has 6 nitrogen and oxygen atoms in total. The van der Waals surface area contributed by atoms with Crippen molar-refractivity contribution in [2.45, 2.75) is 57.0 Å². The molecule has 2 amide bonds. The Hall–Kier alpha value is -3.02. The smallest absolute Gasteiger partial charge is 0.254 e. The maximum atomic E-state index is 14.3. The lowest BCUT2D eigenvalue weighted by atomic mass is 9.75. The molecule has 0 unspecified atom stereocenters. The van der Waals surface area contributed by atoms with E-state index in [1.54, 1.807) is 14.2 Å². The van der Waals surface area contributed by atoms with Crippen LogP contribution in [0.5, 0.6) is 11.5 Å². The van der Waals surface area contributed by atoms with Gasteiger partial charge in [-0.3, -0.25) is 9.59 Å². The Bertz CT molecular complexity index is 1080. The summed E-state index contributed by atoms with van der Waals surface area (Å²) < 4.78 is 11.1. The molecule has 6 heteroatoms. The Kier molecular flexibility index (Phi) is 5.77. The highest BCUT2D eigenvalue weighted by Crippen LogP contribution is 2.49. The van der Waals surface area contributed by atoms with Gasteiger partial charge in [0.2, 0.25) is 5.91 Å². The molecule has 0 N–H and O–H groups in total. The number of likely N-dealkylation sites (tertiary alicyclic amines) is 1. The minimum absolute atomic E-state index is 0.00534. The average molecular weight is 449 g/mol. The van der Waals surface area contributed by atoms with Gasteiger partial charge in [0.25, 0.3) is 5.91 Å². The molecule has 0 bridgehead atoms. The minimum Gasteiger partial charge on any atom is -0.493 e. The van der Waals surface area contributed by atoms with Crippen molar-refractivity contribution in [2.75, 3.05) is 27.3 Å².